The van der Waals surface area contributed by atoms with Gasteiger partial charge in [-0.2, -0.15) is 0 Å². The van der Waals surface area contributed by atoms with Crippen molar-refractivity contribution in [3.8, 4) is 0 Å². The van der Waals surface area contributed by atoms with E-state index in [1.165, 1.54) is 11.6 Å². The van der Waals surface area contributed by atoms with Crippen molar-refractivity contribution < 1.29 is 4.39 Å². The molecule has 0 fully saturated rings. The minimum Gasteiger partial charge on any atom is -0.383 e. The fraction of sp³-hybridized carbons (Fsp3) is 0.294. The fourth-order valence-electron chi connectivity index (χ4n) is 2.08. The maximum Gasteiger partial charge on any atom is 0.126 e. The van der Waals surface area contributed by atoms with Crippen molar-refractivity contribution in [1.82, 2.24) is 0 Å². The van der Waals surface area contributed by atoms with E-state index in [1.54, 1.807) is 6.07 Å². The molecule has 1 nitrogen and oxygen atoms in total. The molecule has 0 heterocycles. The lowest BCUT2D eigenvalue weighted by atomic mass is 10.1. The zero-order chi connectivity index (χ0) is 13.7. The van der Waals surface area contributed by atoms with Crippen LogP contribution in [-0.4, -0.2) is 6.04 Å². The van der Waals surface area contributed by atoms with Crippen LogP contribution in [0.1, 0.15) is 24.5 Å². The maximum atomic E-state index is 13.5. The molecule has 0 radical (unpaired) electrons. The van der Waals surface area contributed by atoms with E-state index in [0.29, 0.717) is 6.04 Å². The van der Waals surface area contributed by atoms with Gasteiger partial charge in [-0.3, -0.25) is 0 Å². The Morgan fingerprint density at radius 2 is 1.74 bits per heavy atom. The van der Waals surface area contributed by atoms with Crippen LogP contribution in [0.25, 0.3) is 0 Å². The Labute approximate surface area is 114 Å². The summed E-state index contributed by atoms with van der Waals surface area (Å²) in [6, 6.07) is 15.6. The summed E-state index contributed by atoms with van der Waals surface area (Å²) < 4.78 is 13.5. The fourth-order valence-corrected chi connectivity index (χ4v) is 2.08. The van der Waals surface area contributed by atoms with Crippen LogP contribution >= 0.6 is 0 Å². The lowest BCUT2D eigenvalue weighted by molar-refractivity contribution is 0.597. The van der Waals surface area contributed by atoms with Crippen molar-refractivity contribution in [2.45, 2.75) is 32.7 Å². The maximum absolute atomic E-state index is 13.5. The first-order valence-electron chi connectivity index (χ1n) is 6.72. The van der Waals surface area contributed by atoms with Gasteiger partial charge in [0.2, 0.25) is 0 Å². The van der Waals surface area contributed by atoms with Gasteiger partial charge in [-0.25, -0.2) is 4.39 Å². The second kappa shape index (κ2) is 6.37. The predicted molar refractivity (Wildman–Crippen MR) is 79.0 cm³/mol. The highest BCUT2D eigenvalue weighted by Gasteiger charge is 2.05. The van der Waals surface area contributed by atoms with E-state index in [2.05, 4.69) is 43.4 Å². The molecule has 0 saturated carbocycles. The van der Waals surface area contributed by atoms with Gasteiger partial charge in [0.1, 0.15) is 5.82 Å². The van der Waals surface area contributed by atoms with Crippen molar-refractivity contribution in [1.29, 1.82) is 0 Å². The van der Waals surface area contributed by atoms with Gasteiger partial charge in [0, 0.05) is 11.7 Å². The molecule has 2 aromatic rings. The van der Waals surface area contributed by atoms with E-state index >= 15 is 0 Å². The highest BCUT2D eigenvalue weighted by molar-refractivity contribution is 5.45. The number of aryl methyl sites for hydroxylation is 2. The van der Waals surface area contributed by atoms with Crippen molar-refractivity contribution in [2.75, 3.05) is 5.32 Å². The molecular formula is C17H20FN. The van der Waals surface area contributed by atoms with E-state index < -0.39 is 0 Å². The van der Waals surface area contributed by atoms with E-state index in [0.717, 1.165) is 24.1 Å². The van der Waals surface area contributed by atoms with Crippen molar-refractivity contribution in [3.05, 3.63) is 65.5 Å². The normalized spacial score (nSPS) is 12.2. The molecular weight excluding hydrogens is 237 g/mol. The standard InChI is InChI=1S/C17H20FN/c1-13-7-11-16(12-8-13)19-14(2)9-10-15-5-3-4-6-17(15)18/h3-8,11-12,14,19H,9-10H2,1-2H3. The van der Waals surface area contributed by atoms with Gasteiger partial charge in [-0.15, -0.1) is 0 Å². The third kappa shape index (κ3) is 4.09. The highest BCUT2D eigenvalue weighted by atomic mass is 19.1. The second-order valence-corrected chi connectivity index (χ2v) is 5.04. The Kier molecular flexibility index (Phi) is 4.56. The Hall–Kier alpha value is -1.83. The molecule has 0 aliphatic rings. The predicted octanol–water partition coefficient (Wildman–Crippen LogP) is 4.57. The Morgan fingerprint density at radius 1 is 1.05 bits per heavy atom. The zero-order valence-electron chi connectivity index (χ0n) is 11.5. The number of anilines is 1. The van der Waals surface area contributed by atoms with Crippen molar-refractivity contribution in [2.24, 2.45) is 0 Å². The topological polar surface area (TPSA) is 12.0 Å². The summed E-state index contributed by atoms with van der Waals surface area (Å²) in [5.74, 6) is -0.106. The SMILES string of the molecule is Cc1ccc(NC(C)CCc2ccccc2F)cc1. The summed E-state index contributed by atoms with van der Waals surface area (Å²) >= 11 is 0. The summed E-state index contributed by atoms with van der Waals surface area (Å²) in [4.78, 5) is 0. The largest absolute Gasteiger partial charge is 0.383 e. The van der Waals surface area contributed by atoms with Crippen LogP contribution in [0.4, 0.5) is 10.1 Å². The minimum atomic E-state index is -0.106. The van der Waals surface area contributed by atoms with E-state index in [-0.39, 0.29) is 5.82 Å². The third-order valence-electron chi connectivity index (χ3n) is 3.27. The zero-order valence-corrected chi connectivity index (χ0v) is 11.5. The number of benzene rings is 2. The van der Waals surface area contributed by atoms with Gasteiger partial charge in [-0.1, -0.05) is 35.9 Å². The molecule has 0 aromatic heterocycles. The molecule has 0 aliphatic heterocycles. The van der Waals surface area contributed by atoms with Crippen LogP contribution in [0.3, 0.4) is 0 Å². The summed E-state index contributed by atoms with van der Waals surface area (Å²) in [5.41, 5.74) is 3.16. The number of halogens is 1. The quantitative estimate of drug-likeness (QED) is 0.827. The van der Waals surface area contributed by atoms with Gasteiger partial charge < -0.3 is 5.32 Å². The average Bonchev–Trinajstić information content (AvgIpc) is 2.40. The number of nitrogens with one attached hydrogen (secondary N) is 1. The molecule has 0 amide bonds. The monoisotopic (exact) mass is 257 g/mol. The Morgan fingerprint density at radius 3 is 2.42 bits per heavy atom. The van der Waals surface area contributed by atoms with Gasteiger partial charge in [0.15, 0.2) is 0 Å². The Balaban J connectivity index is 1.86. The second-order valence-electron chi connectivity index (χ2n) is 5.04. The smallest absolute Gasteiger partial charge is 0.126 e. The molecule has 1 unspecified atom stereocenters. The summed E-state index contributed by atoms with van der Waals surface area (Å²) in [6.45, 7) is 4.20. The molecule has 1 N–H and O–H groups in total. The van der Waals surface area contributed by atoms with Crippen molar-refractivity contribution >= 4 is 5.69 Å². The van der Waals surface area contributed by atoms with Crippen molar-refractivity contribution in [3.63, 3.8) is 0 Å². The summed E-state index contributed by atoms with van der Waals surface area (Å²) in [5, 5.41) is 3.44. The molecule has 2 rings (SSSR count). The molecule has 2 aromatic carbocycles. The Bertz CT molecular complexity index is 519. The first-order chi connectivity index (χ1) is 9.15. The van der Waals surface area contributed by atoms with Gasteiger partial charge in [0.05, 0.1) is 0 Å². The van der Waals surface area contributed by atoms with Gasteiger partial charge in [-0.05, 0) is 50.5 Å². The first kappa shape index (κ1) is 13.6. The lowest BCUT2D eigenvalue weighted by Gasteiger charge is -2.15. The molecule has 0 saturated heterocycles. The number of hydrogen-bond donors (Lipinski definition) is 1. The summed E-state index contributed by atoms with van der Waals surface area (Å²) in [6.07, 6.45) is 1.67. The molecule has 0 bridgehead atoms. The molecule has 0 aliphatic carbocycles. The highest BCUT2D eigenvalue weighted by Crippen LogP contribution is 2.14. The minimum absolute atomic E-state index is 0.106. The lowest BCUT2D eigenvalue weighted by Crippen LogP contribution is -2.16. The van der Waals surface area contributed by atoms with E-state index in [1.807, 2.05) is 12.1 Å². The van der Waals surface area contributed by atoms with Crippen LogP contribution in [-0.2, 0) is 6.42 Å². The van der Waals surface area contributed by atoms with E-state index in [4.69, 9.17) is 0 Å². The number of hydrogen-bond acceptors (Lipinski definition) is 1. The van der Waals surface area contributed by atoms with Crippen LogP contribution in [0, 0.1) is 12.7 Å². The van der Waals surface area contributed by atoms with Crippen LogP contribution in [0.2, 0.25) is 0 Å². The van der Waals surface area contributed by atoms with E-state index in [9.17, 15) is 4.39 Å². The number of rotatable bonds is 5. The van der Waals surface area contributed by atoms with Crippen LogP contribution in [0.5, 0.6) is 0 Å². The molecule has 2 heteroatoms. The molecule has 100 valence electrons. The van der Waals surface area contributed by atoms with Gasteiger partial charge >= 0.3 is 0 Å². The summed E-state index contributed by atoms with van der Waals surface area (Å²) in [7, 11) is 0. The average molecular weight is 257 g/mol. The first-order valence-corrected chi connectivity index (χ1v) is 6.72. The molecule has 19 heavy (non-hydrogen) atoms. The molecule has 0 spiro atoms. The molecule has 1 atom stereocenters. The van der Waals surface area contributed by atoms with Crippen LogP contribution < -0.4 is 5.32 Å². The van der Waals surface area contributed by atoms with Crippen LogP contribution in [0.15, 0.2) is 48.5 Å². The van der Waals surface area contributed by atoms with Gasteiger partial charge in [0.25, 0.3) is 0 Å². The third-order valence-corrected chi connectivity index (χ3v) is 3.27.